The van der Waals surface area contributed by atoms with Gasteiger partial charge in [0.05, 0.1) is 11.0 Å². The molecule has 0 unspecified atom stereocenters. The Kier molecular flexibility index (Phi) is 8.25. The van der Waals surface area contributed by atoms with Crippen LogP contribution in [0.15, 0.2) is 237 Å². The summed E-state index contributed by atoms with van der Waals surface area (Å²) in [5.74, 6) is 0. The zero-order valence-corrected chi connectivity index (χ0v) is 33.5. The molecule has 61 heavy (non-hydrogen) atoms. The van der Waals surface area contributed by atoms with Gasteiger partial charge in [0, 0.05) is 16.5 Å². The van der Waals surface area contributed by atoms with Crippen molar-refractivity contribution in [1.29, 1.82) is 0 Å². The van der Waals surface area contributed by atoms with Gasteiger partial charge in [-0.15, -0.1) is 0 Å². The molecule has 12 rings (SSSR count). The summed E-state index contributed by atoms with van der Waals surface area (Å²) in [6.07, 6.45) is 0. The van der Waals surface area contributed by atoms with Gasteiger partial charge in [0.1, 0.15) is 0 Å². The van der Waals surface area contributed by atoms with Gasteiger partial charge in [0.15, 0.2) is 0 Å². The largest absolute Gasteiger partial charge is 0.309 e. The molecular formula is C60H39N. The molecule has 11 aromatic carbocycles. The van der Waals surface area contributed by atoms with E-state index in [0.29, 0.717) is 0 Å². The highest BCUT2D eigenvalue weighted by Gasteiger charge is 2.19. The van der Waals surface area contributed by atoms with Crippen LogP contribution >= 0.6 is 0 Å². The summed E-state index contributed by atoms with van der Waals surface area (Å²) in [7, 11) is 0. The molecule has 1 heteroatoms. The van der Waals surface area contributed by atoms with Crippen LogP contribution in [0.5, 0.6) is 0 Å². The number of rotatable bonds is 6. The number of benzene rings is 11. The molecule has 1 aromatic heterocycles. The fourth-order valence-electron chi connectivity index (χ4n) is 9.75. The number of para-hydroxylation sites is 1. The van der Waals surface area contributed by atoms with E-state index in [0.717, 1.165) is 5.69 Å². The zero-order valence-electron chi connectivity index (χ0n) is 33.5. The van der Waals surface area contributed by atoms with Gasteiger partial charge in [-0.1, -0.05) is 194 Å². The van der Waals surface area contributed by atoms with Gasteiger partial charge in [0.2, 0.25) is 0 Å². The van der Waals surface area contributed by atoms with Gasteiger partial charge in [0.25, 0.3) is 0 Å². The van der Waals surface area contributed by atoms with Crippen LogP contribution in [0.4, 0.5) is 0 Å². The summed E-state index contributed by atoms with van der Waals surface area (Å²) >= 11 is 0. The van der Waals surface area contributed by atoms with E-state index in [2.05, 4.69) is 241 Å². The van der Waals surface area contributed by atoms with Crippen LogP contribution in [0.25, 0.3) is 115 Å². The predicted molar refractivity (Wildman–Crippen MR) is 260 cm³/mol. The van der Waals surface area contributed by atoms with E-state index < -0.39 is 0 Å². The molecular weight excluding hydrogens is 735 g/mol. The average molecular weight is 774 g/mol. The maximum Gasteiger partial charge on any atom is 0.0541 e. The molecule has 0 aliphatic carbocycles. The molecule has 12 aromatic rings. The fraction of sp³-hybridized carbons (Fsp3) is 0. The van der Waals surface area contributed by atoms with Gasteiger partial charge < -0.3 is 4.57 Å². The predicted octanol–water partition coefficient (Wildman–Crippen LogP) is 16.6. The third-order valence-electron chi connectivity index (χ3n) is 12.6. The van der Waals surface area contributed by atoms with Crippen LogP contribution in [0.1, 0.15) is 0 Å². The zero-order chi connectivity index (χ0) is 40.3. The van der Waals surface area contributed by atoms with Crippen LogP contribution in [0, 0.1) is 0 Å². The Labute approximate surface area is 355 Å². The molecule has 0 fully saturated rings. The lowest BCUT2D eigenvalue weighted by Crippen LogP contribution is -1.93. The molecule has 0 aliphatic rings. The molecule has 0 aliphatic heterocycles. The number of nitrogens with zero attached hydrogens (tertiary/aromatic N) is 1. The molecule has 0 N–H and O–H groups in total. The maximum absolute atomic E-state index is 2.43. The van der Waals surface area contributed by atoms with E-state index in [1.807, 2.05) is 0 Å². The maximum atomic E-state index is 2.43. The molecule has 0 atom stereocenters. The van der Waals surface area contributed by atoms with E-state index in [4.69, 9.17) is 0 Å². The molecule has 284 valence electrons. The van der Waals surface area contributed by atoms with Crippen molar-refractivity contribution in [3.8, 4) is 61.3 Å². The number of fused-ring (bicyclic) bond motifs is 6. The van der Waals surface area contributed by atoms with E-state index in [9.17, 15) is 0 Å². The first-order chi connectivity index (χ1) is 30.3. The van der Waals surface area contributed by atoms with Gasteiger partial charge in [-0.05, 0) is 130 Å². The van der Waals surface area contributed by atoms with Gasteiger partial charge in [-0.3, -0.25) is 0 Å². The number of hydrogen-bond acceptors (Lipinski definition) is 0. The van der Waals surface area contributed by atoms with Crippen molar-refractivity contribution in [1.82, 2.24) is 4.57 Å². The van der Waals surface area contributed by atoms with Gasteiger partial charge >= 0.3 is 0 Å². The Hall–Kier alpha value is -8.00. The molecule has 0 saturated heterocycles. The lowest BCUT2D eigenvalue weighted by Gasteiger charge is -2.18. The third-order valence-corrected chi connectivity index (χ3v) is 12.6. The normalized spacial score (nSPS) is 11.6. The van der Waals surface area contributed by atoms with Crippen molar-refractivity contribution < 1.29 is 0 Å². The van der Waals surface area contributed by atoms with E-state index in [-0.39, 0.29) is 0 Å². The molecule has 1 nitrogen and oxygen atoms in total. The van der Waals surface area contributed by atoms with Crippen molar-refractivity contribution >= 4 is 54.1 Å². The third kappa shape index (κ3) is 5.86. The van der Waals surface area contributed by atoms with Crippen LogP contribution in [0.2, 0.25) is 0 Å². The molecule has 0 saturated carbocycles. The molecule has 0 radical (unpaired) electrons. The number of aromatic nitrogens is 1. The van der Waals surface area contributed by atoms with Crippen molar-refractivity contribution in [3.63, 3.8) is 0 Å². The Bertz CT molecular complexity index is 3590. The minimum Gasteiger partial charge on any atom is -0.309 e. The Morgan fingerprint density at radius 1 is 0.230 bits per heavy atom. The highest BCUT2D eigenvalue weighted by atomic mass is 15.0. The van der Waals surface area contributed by atoms with Crippen LogP contribution < -0.4 is 0 Å². The minimum absolute atomic E-state index is 1.15. The van der Waals surface area contributed by atoms with Crippen LogP contribution in [-0.4, -0.2) is 4.57 Å². The van der Waals surface area contributed by atoms with E-state index >= 15 is 0 Å². The highest BCUT2D eigenvalue weighted by Crippen LogP contribution is 2.45. The van der Waals surface area contributed by atoms with Crippen molar-refractivity contribution in [2.24, 2.45) is 0 Å². The molecule has 0 bridgehead atoms. The second kappa shape index (κ2) is 14.4. The van der Waals surface area contributed by atoms with Crippen molar-refractivity contribution in [2.75, 3.05) is 0 Å². The number of hydrogen-bond donors (Lipinski definition) is 0. The first-order valence-corrected chi connectivity index (χ1v) is 21.1. The molecule has 0 amide bonds. The summed E-state index contributed by atoms with van der Waals surface area (Å²) in [5.41, 5.74) is 15.8. The first kappa shape index (κ1) is 35.0. The van der Waals surface area contributed by atoms with Crippen molar-refractivity contribution in [2.45, 2.75) is 0 Å². The smallest absolute Gasteiger partial charge is 0.0541 e. The highest BCUT2D eigenvalue weighted by molar-refractivity contribution is 6.22. The Morgan fingerprint density at radius 2 is 0.656 bits per heavy atom. The molecule has 1 heterocycles. The van der Waals surface area contributed by atoms with Crippen LogP contribution in [-0.2, 0) is 0 Å². The van der Waals surface area contributed by atoms with E-state index in [1.165, 1.54) is 110 Å². The minimum atomic E-state index is 1.15. The lowest BCUT2D eigenvalue weighted by molar-refractivity contribution is 1.18. The molecule has 0 spiro atoms. The monoisotopic (exact) mass is 773 g/mol. The fourth-order valence-corrected chi connectivity index (χ4v) is 9.75. The second-order valence-electron chi connectivity index (χ2n) is 16.0. The van der Waals surface area contributed by atoms with Crippen molar-refractivity contribution in [3.05, 3.63) is 237 Å². The lowest BCUT2D eigenvalue weighted by atomic mass is 9.85. The summed E-state index contributed by atoms with van der Waals surface area (Å²) in [4.78, 5) is 0. The summed E-state index contributed by atoms with van der Waals surface area (Å²) < 4.78 is 2.41. The van der Waals surface area contributed by atoms with Crippen LogP contribution in [0.3, 0.4) is 0 Å². The quantitative estimate of drug-likeness (QED) is 0.148. The average Bonchev–Trinajstić information content (AvgIpc) is 3.66. The Balaban J connectivity index is 1.05. The first-order valence-electron chi connectivity index (χ1n) is 21.1. The Morgan fingerprint density at radius 3 is 1.28 bits per heavy atom. The topological polar surface area (TPSA) is 4.93 Å². The second-order valence-corrected chi connectivity index (χ2v) is 16.0. The summed E-state index contributed by atoms with van der Waals surface area (Å²) in [6.45, 7) is 0. The van der Waals surface area contributed by atoms with Gasteiger partial charge in [-0.2, -0.15) is 0 Å². The summed E-state index contributed by atoms with van der Waals surface area (Å²) in [5, 5.41) is 10.0. The standard InChI is InChI=1S/C60H39N/c1-4-16-43(17-5-1)59-51-24-12-13-25-52(51)60(44-18-6-2-7-19-44)56-39-46(31-34-53(56)59)47-33-36-58-55(38-47)54-37-45(32-35-57(54)61(58)48-21-8-3-9-22-48)40-27-29-42(30-28-40)50-26-14-20-41-15-10-11-23-49(41)50/h1-39H. The summed E-state index contributed by atoms with van der Waals surface area (Å²) in [6, 6.07) is 86.7. The SMILES string of the molecule is c1ccc(-c2c3ccccc3c(-c3ccccc3)c3cc(-c4ccc5c(c4)c4cc(-c6ccc(-c7cccc8ccccc78)cc6)ccc4n5-c4ccccc4)ccc23)cc1. The van der Waals surface area contributed by atoms with Gasteiger partial charge in [-0.25, -0.2) is 0 Å². The van der Waals surface area contributed by atoms with E-state index in [1.54, 1.807) is 0 Å².